The number of alkyl halides is 1. The number of rotatable bonds is 7. The van der Waals surface area contributed by atoms with E-state index in [9.17, 15) is 22.0 Å². The van der Waals surface area contributed by atoms with Crippen LogP contribution in [-0.4, -0.2) is 36.5 Å². The molecule has 1 amide bonds. The summed E-state index contributed by atoms with van der Waals surface area (Å²) in [6.45, 7) is 2.30. The summed E-state index contributed by atoms with van der Waals surface area (Å²) < 4.78 is 56.9. The van der Waals surface area contributed by atoms with Crippen LogP contribution >= 0.6 is 0 Å². The van der Waals surface area contributed by atoms with E-state index in [4.69, 9.17) is 0 Å². The molecule has 2 aliphatic rings. The van der Waals surface area contributed by atoms with E-state index in [1.54, 1.807) is 24.5 Å². The van der Waals surface area contributed by atoms with Crippen molar-refractivity contribution in [2.75, 3.05) is 6.54 Å². The number of benzene rings is 2. The molecule has 4 aromatic rings. The first-order chi connectivity index (χ1) is 18.0. The van der Waals surface area contributed by atoms with E-state index in [-0.39, 0.29) is 23.4 Å². The van der Waals surface area contributed by atoms with Gasteiger partial charge in [-0.1, -0.05) is 0 Å². The highest BCUT2D eigenvalue weighted by atomic mass is 32.2. The van der Waals surface area contributed by atoms with Crippen molar-refractivity contribution in [1.82, 2.24) is 20.0 Å². The number of halogens is 2. The summed E-state index contributed by atoms with van der Waals surface area (Å²) in [7, 11) is -4.01. The number of fused-ring (bicyclic) bond motifs is 4. The average molecular weight is 539 g/mol. The maximum atomic E-state index is 14.2. The molecule has 0 radical (unpaired) electrons. The van der Waals surface area contributed by atoms with Gasteiger partial charge in [0.2, 0.25) is 10.0 Å². The average Bonchev–Trinajstić information content (AvgIpc) is 3.51. The molecule has 1 atom stereocenters. The lowest BCUT2D eigenvalue weighted by molar-refractivity contribution is 0.0938. The lowest BCUT2D eigenvalue weighted by atomic mass is 9.99. The van der Waals surface area contributed by atoms with Gasteiger partial charge >= 0.3 is 0 Å². The number of aromatic nitrogens is 2. The molecule has 2 aromatic carbocycles. The van der Waals surface area contributed by atoms with E-state index in [1.165, 1.54) is 26.0 Å². The lowest BCUT2D eigenvalue weighted by Gasteiger charge is -2.20. The number of nitrogens with zero attached hydrogens (tertiary/aromatic N) is 1. The van der Waals surface area contributed by atoms with Crippen molar-refractivity contribution in [1.29, 1.82) is 0 Å². The molecule has 1 fully saturated rings. The van der Waals surface area contributed by atoms with Gasteiger partial charge < -0.3 is 10.3 Å². The fraction of sp³-hybridized carbons (Fsp3) is 0.357. The zero-order chi connectivity index (χ0) is 26.8. The molecule has 7 nitrogen and oxygen atoms in total. The standard InChI is InChI=1S/C28H28F2N4O3S/c1-28(2,30)14-33-38(36,37)25-9-16-5-8-22(26(16)20-12-31-23(11-19(20)25)15-3-4-15)34-27(35)21-13-32-24-10-17(29)6-7-18(21)24/h6-7,9-13,15,22,32-33H,3-5,8,14H2,1-2H3,(H,34,35)/t22-/m1/s1. The molecule has 2 aromatic heterocycles. The van der Waals surface area contributed by atoms with Crippen LogP contribution in [0.3, 0.4) is 0 Å². The zero-order valence-electron chi connectivity index (χ0n) is 21.1. The molecule has 198 valence electrons. The molecule has 2 aliphatic carbocycles. The summed E-state index contributed by atoms with van der Waals surface area (Å²) in [6.07, 6.45) is 6.44. The van der Waals surface area contributed by atoms with Crippen LogP contribution in [0.5, 0.6) is 0 Å². The minimum Gasteiger partial charge on any atom is -0.360 e. The summed E-state index contributed by atoms with van der Waals surface area (Å²) in [6, 6.07) is 7.35. The maximum absolute atomic E-state index is 14.2. The van der Waals surface area contributed by atoms with E-state index in [0.29, 0.717) is 46.0 Å². The third-order valence-corrected chi connectivity index (χ3v) is 8.79. The largest absolute Gasteiger partial charge is 0.360 e. The van der Waals surface area contributed by atoms with E-state index < -0.39 is 21.5 Å². The molecule has 0 saturated heterocycles. The Labute approximate surface area is 219 Å². The maximum Gasteiger partial charge on any atom is 0.253 e. The number of carbonyl (C=O) groups is 1. The highest BCUT2D eigenvalue weighted by Crippen LogP contribution is 2.44. The second kappa shape index (κ2) is 8.84. The molecule has 0 spiro atoms. The van der Waals surface area contributed by atoms with Gasteiger partial charge in [-0.15, -0.1) is 0 Å². The Hall–Kier alpha value is -3.37. The molecular weight excluding hydrogens is 510 g/mol. The molecule has 2 heterocycles. The second-order valence-corrected chi connectivity index (χ2v) is 12.6. The molecule has 0 unspecified atom stereocenters. The fourth-order valence-electron chi connectivity index (χ4n) is 5.27. The van der Waals surface area contributed by atoms with Crippen LogP contribution in [0.25, 0.3) is 21.7 Å². The van der Waals surface area contributed by atoms with Crippen molar-refractivity contribution < 1.29 is 22.0 Å². The SMILES string of the molecule is CC(C)(F)CNS(=O)(=O)c1cc2c(c3cnc(C4CC4)cc13)[C@H](NC(=O)c1c[nH]c3cc(F)ccc13)CC2. The smallest absolute Gasteiger partial charge is 0.253 e. The number of nitrogens with one attached hydrogen (secondary N) is 3. The van der Waals surface area contributed by atoms with Crippen LogP contribution in [0.15, 0.2) is 47.6 Å². The van der Waals surface area contributed by atoms with Gasteiger partial charge in [0.1, 0.15) is 11.5 Å². The fourth-order valence-corrected chi connectivity index (χ4v) is 6.72. The van der Waals surface area contributed by atoms with Crippen molar-refractivity contribution in [3.05, 3.63) is 70.9 Å². The van der Waals surface area contributed by atoms with Gasteiger partial charge in [0.15, 0.2) is 0 Å². The van der Waals surface area contributed by atoms with Crippen molar-refractivity contribution >= 4 is 37.6 Å². The van der Waals surface area contributed by atoms with Gasteiger partial charge in [0.05, 0.1) is 16.5 Å². The number of aromatic amines is 1. The Morgan fingerprint density at radius 1 is 1.13 bits per heavy atom. The number of H-pyrrole nitrogens is 1. The number of hydrogen-bond acceptors (Lipinski definition) is 4. The normalized spacial score (nSPS) is 17.7. The van der Waals surface area contributed by atoms with Crippen LogP contribution < -0.4 is 10.0 Å². The van der Waals surface area contributed by atoms with E-state index in [1.807, 2.05) is 6.07 Å². The minimum absolute atomic E-state index is 0.102. The van der Waals surface area contributed by atoms with Gasteiger partial charge in [-0.25, -0.2) is 21.9 Å². The summed E-state index contributed by atoms with van der Waals surface area (Å²) in [5, 5.41) is 4.90. The number of sulfonamides is 1. The second-order valence-electron chi connectivity index (χ2n) is 10.9. The van der Waals surface area contributed by atoms with Crippen LogP contribution in [0.4, 0.5) is 8.78 Å². The van der Waals surface area contributed by atoms with Gasteiger partial charge in [0, 0.05) is 52.2 Å². The van der Waals surface area contributed by atoms with Crippen molar-refractivity contribution in [2.24, 2.45) is 0 Å². The van der Waals surface area contributed by atoms with Gasteiger partial charge in [-0.3, -0.25) is 9.78 Å². The van der Waals surface area contributed by atoms with Gasteiger partial charge in [0.25, 0.3) is 5.91 Å². The van der Waals surface area contributed by atoms with E-state index >= 15 is 0 Å². The van der Waals surface area contributed by atoms with Crippen LogP contribution in [0, 0.1) is 5.82 Å². The number of aryl methyl sites for hydroxylation is 1. The lowest BCUT2D eigenvalue weighted by Crippen LogP contribution is -2.35. The van der Waals surface area contributed by atoms with Crippen LogP contribution in [0.2, 0.25) is 0 Å². The monoisotopic (exact) mass is 538 g/mol. The van der Waals surface area contributed by atoms with Gasteiger partial charge in [-0.2, -0.15) is 0 Å². The first kappa shape index (κ1) is 24.9. The van der Waals surface area contributed by atoms with Gasteiger partial charge in [-0.05, 0) is 81.0 Å². The highest BCUT2D eigenvalue weighted by Gasteiger charge is 2.33. The molecule has 38 heavy (non-hydrogen) atoms. The summed E-state index contributed by atoms with van der Waals surface area (Å²) in [4.78, 5) is 21.0. The first-order valence-corrected chi connectivity index (χ1v) is 14.2. The molecule has 6 rings (SSSR count). The Bertz CT molecular complexity index is 1700. The van der Waals surface area contributed by atoms with Crippen molar-refractivity contribution in [3.8, 4) is 0 Å². The molecule has 10 heteroatoms. The first-order valence-electron chi connectivity index (χ1n) is 12.7. The molecular formula is C28H28F2N4O3S. The molecule has 0 bridgehead atoms. The Kier molecular flexibility index (Phi) is 5.80. The van der Waals surface area contributed by atoms with E-state index in [2.05, 4.69) is 20.0 Å². The quantitative estimate of drug-likeness (QED) is 0.302. The zero-order valence-corrected chi connectivity index (χ0v) is 21.9. The topological polar surface area (TPSA) is 104 Å². The molecule has 1 saturated carbocycles. The third kappa shape index (κ3) is 4.56. The number of pyridine rings is 1. The Balaban J connectivity index is 1.40. The van der Waals surface area contributed by atoms with Crippen LogP contribution in [-0.2, 0) is 16.4 Å². The number of carbonyl (C=O) groups excluding carboxylic acids is 1. The number of amides is 1. The molecule has 3 N–H and O–H groups in total. The third-order valence-electron chi connectivity index (χ3n) is 7.34. The van der Waals surface area contributed by atoms with Crippen LogP contribution in [0.1, 0.15) is 72.2 Å². The molecule has 0 aliphatic heterocycles. The summed E-state index contributed by atoms with van der Waals surface area (Å²) >= 11 is 0. The summed E-state index contributed by atoms with van der Waals surface area (Å²) in [5.41, 5.74) is 1.73. The van der Waals surface area contributed by atoms with Crippen molar-refractivity contribution in [3.63, 3.8) is 0 Å². The Morgan fingerprint density at radius 3 is 2.66 bits per heavy atom. The van der Waals surface area contributed by atoms with E-state index in [0.717, 1.165) is 29.7 Å². The number of hydrogen-bond donors (Lipinski definition) is 3. The highest BCUT2D eigenvalue weighted by molar-refractivity contribution is 7.89. The Morgan fingerprint density at radius 2 is 1.92 bits per heavy atom. The predicted molar refractivity (Wildman–Crippen MR) is 141 cm³/mol. The predicted octanol–water partition coefficient (Wildman–Crippen LogP) is 5.18. The van der Waals surface area contributed by atoms with Crippen molar-refractivity contribution in [2.45, 2.75) is 62.1 Å². The summed E-state index contributed by atoms with van der Waals surface area (Å²) in [5.74, 6) is -0.390. The minimum atomic E-state index is -4.01.